The van der Waals surface area contributed by atoms with Crippen molar-refractivity contribution in [3.63, 3.8) is 0 Å². The largest absolute Gasteiger partial charge is 0.366 e. The molecule has 0 radical (unpaired) electrons. The summed E-state index contributed by atoms with van der Waals surface area (Å²) in [5.74, 6) is 0.129. The highest BCUT2D eigenvalue weighted by atomic mass is 32.1. The second-order valence-corrected chi connectivity index (χ2v) is 6.12. The number of rotatable bonds is 4. The second-order valence-electron chi connectivity index (χ2n) is 5.20. The number of anilines is 1. The fourth-order valence-electron chi connectivity index (χ4n) is 2.56. The first-order valence-corrected chi connectivity index (χ1v) is 7.45. The number of hydrogen-bond donors (Lipinski definition) is 3. The van der Waals surface area contributed by atoms with Crippen LogP contribution in [0.25, 0.3) is 0 Å². The number of thiophene rings is 1. The van der Waals surface area contributed by atoms with Crippen LogP contribution in [0.5, 0.6) is 0 Å². The summed E-state index contributed by atoms with van der Waals surface area (Å²) in [5, 5.41) is 5.10. The molecule has 1 aliphatic rings. The van der Waals surface area contributed by atoms with Gasteiger partial charge in [-0.25, -0.2) is 0 Å². The Morgan fingerprint density at radius 2 is 2.37 bits per heavy atom. The number of piperidine rings is 1. The van der Waals surface area contributed by atoms with Crippen molar-refractivity contribution in [1.82, 2.24) is 0 Å². The highest BCUT2D eigenvalue weighted by molar-refractivity contribution is 7.14. The van der Waals surface area contributed by atoms with Crippen LogP contribution >= 0.6 is 11.3 Å². The highest BCUT2D eigenvalue weighted by Crippen LogP contribution is 2.22. The quantitative estimate of drug-likeness (QED) is 0.732. The smallest absolute Gasteiger partial charge is 0.280 e. The number of nitrogens with two attached hydrogens (primary N) is 1. The van der Waals surface area contributed by atoms with Crippen LogP contribution in [0.4, 0.5) is 5.00 Å². The van der Waals surface area contributed by atoms with Crippen LogP contribution in [-0.4, -0.2) is 31.4 Å². The van der Waals surface area contributed by atoms with Crippen molar-refractivity contribution in [1.29, 1.82) is 0 Å². The van der Waals surface area contributed by atoms with Crippen LogP contribution in [0, 0.1) is 5.92 Å². The van der Waals surface area contributed by atoms with Gasteiger partial charge in [-0.15, -0.1) is 11.3 Å². The lowest BCUT2D eigenvalue weighted by atomic mass is 10.0. The van der Waals surface area contributed by atoms with Crippen molar-refractivity contribution < 1.29 is 14.5 Å². The van der Waals surface area contributed by atoms with E-state index in [4.69, 9.17) is 5.73 Å². The van der Waals surface area contributed by atoms with E-state index < -0.39 is 5.91 Å². The number of carbonyl (C=O) groups excluding carboxylic acids is 2. The van der Waals surface area contributed by atoms with Gasteiger partial charge in [0.15, 0.2) is 6.54 Å². The van der Waals surface area contributed by atoms with Crippen molar-refractivity contribution in [2.45, 2.75) is 19.8 Å². The molecule has 1 saturated heterocycles. The number of hydrogen-bond acceptors (Lipinski definition) is 3. The van der Waals surface area contributed by atoms with E-state index in [0.717, 1.165) is 13.1 Å². The third kappa shape index (κ3) is 3.78. The van der Waals surface area contributed by atoms with Gasteiger partial charge in [0.05, 0.1) is 18.7 Å². The molecule has 104 valence electrons. The van der Waals surface area contributed by atoms with Crippen LogP contribution in [0.3, 0.4) is 0 Å². The molecular formula is C13H20N3O2S+. The fraction of sp³-hybridized carbons (Fsp3) is 0.538. The maximum Gasteiger partial charge on any atom is 0.280 e. The minimum absolute atomic E-state index is 0.0472. The molecule has 19 heavy (non-hydrogen) atoms. The summed E-state index contributed by atoms with van der Waals surface area (Å²) in [5.41, 5.74) is 5.64. The maximum atomic E-state index is 12.0. The van der Waals surface area contributed by atoms with Crippen LogP contribution in [-0.2, 0) is 4.79 Å². The first-order valence-electron chi connectivity index (χ1n) is 6.57. The lowest BCUT2D eigenvalue weighted by molar-refractivity contribution is -0.900. The van der Waals surface area contributed by atoms with Gasteiger partial charge >= 0.3 is 0 Å². The number of primary amides is 1. The van der Waals surface area contributed by atoms with E-state index in [1.54, 1.807) is 11.4 Å². The van der Waals surface area contributed by atoms with Gasteiger partial charge in [-0.2, -0.15) is 0 Å². The van der Waals surface area contributed by atoms with Crippen LogP contribution < -0.4 is 16.0 Å². The summed E-state index contributed by atoms with van der Waals surface area (Å²) >= 11 is 1.33. The molecule has 1 unspecified atom stereocenters. The molecule has 0 bridgehead atoms. The molecule has 6 heteroatoms. The Labute approximate surface area is 116 Å². The van der Waals surface area contributed by atoms with Gasteiger partial charge in [-0.3, -0.25) is 9.59 Å². The van der Waals surface area contributed by atoms with Crippen molar-refractivity contribution in [2.75, 3.05) is 25.0 Å². The molecule has 5 nitrogen and oxygen atoms in total. The van der Waals surface area contributed by atoms with Crippen LogP contribution in [0.1, 0.15) is 30.1 Å². The molecule has 1 aliphatic heterocycles. The van der Waals surface area contributed by atoms with E-state index in [2.05, 4.69) is 12.2 Å². The normalized spacial score (nSPS) is 23.0. The van der Waals surface area contributed by atoms with Gasteiger partial charge in [0.25, 0.3) is 11.8 Å². The van der Waals surface area contributed by atoms with Gasteiger partial charge in [-0.1, -0.05) is 6.92 Å². The number of quaternary nitrogens is 1. The molecule has 0 aromatic carbocycles. The number of likely N-dealkylation sites (tertiary alicyclic amines) is 1. The summed E-state index contributed by atoms with van der Waals surface area (Å²) in [6, 6.07) is 1.64. The molecule has 0 spiro atoms. The Morgan fingerprint density at radius 1 is 1.58 bits per heavy atom. The molecule has 2 heterocycles. The first-order chi connectivity index (χ1) is 9.06. The summed E-state index contributed by atoms with van der Waals surface area (Å²) in [7, 11) is 0. The van der Waals surface area contributed by atoms with Crippen molar-refractivity contribution in [2.24, 2.45) is 11.7 Å². The van der Waals surface area contributed by atoms with E-state index in [-0.39, 0.29) is 5.91 Å². The van der Waals surface area contributed by atoms with Gasteiger partial charge in [-0.05, 0) is 24.3 Å². The molecular weight excluding hydrogens is 262 g/mol. The lowest BCUT2D eigenvalue weighted by Gasteiger charge is -2.27. The third-order valence-corrected chi connectivity index (χ3v) is 4.29. The average Bonchev–Trinajstić information content (AvgIpc) is 2.76. The molecule has 4 N–H and O–H groups in total. The monoisotopic (exact) mass is 282 g/mol. The Morgan fingerprint density at radius 3 is 3.05 bits per heavy atom. The highest BCUT2D eigenvalue weighted by Gasteiger charge is 2.22. The molecule has 1 fully saturated rings. The maximum absolute atomic E-state index is 12.0. The molecule has 2 atom stereocenters. The summed E-state index contributed by atoms with van der Waals surface area (Å²) in [6.07, 6.45) is 2.43. The third-order valence-electron chi connectivity index (χ3n) is 3.46. The SMILES string of the molecule is C[C@@H]1CCC[NH+](CC(=O)Nc2sccc2C(N)=O)C1. The standard InChI is InChI=1S/C13H19N3O2S/c1-9-3-2-5-16(7-9)8-11(17)15-13-10(12(14)18)4-6-19-13/h4,6,9H,2-3,5,7-8H2,1H3,(H2,14,18)(H,15,17)/p+1/t9-/m1/s1. The molecule has 0 aliphatic carbocycles. The summed E-state index contributed by atoms with van der Waals surface area (Å²) in [6.45, 7) is 4.77. The van der Waals surface area contributed by atoms with Gasteiger partial charge < -0.3 is 16.0 Å². The van der Waals surface area contributed by atoms with Gasteiger partial charge in [0, 0.05) is 5.92 Å². The zero-order chi connectivity index (χ0) is 13.8. The first kappa shape index (κ1) is 14.0. The van der Waals surface area contributed by atoms with Gasteiger partial charge in [0.2, 0.25) is 0 Å². The Hall–Kier alpha value is -1.40. The second kappa shape index (κ2) is 6.16. The molecule has 0 saturated carbocycles. The van der Waals surface area contributed by atoms with E-state index >= 15 is 0 Å². The summed E-state index contributed by atoms with van der Waals surface area (Å²) < 4.78 is 0. The predicted molar refractivity (Wildman–Crippen MR) is 75.4 cm³/mol. The molecule has 2 amide bonds. The minimum atomic E-state index is -0.504. The van der Waals surface area contributed by atoms with E-state index in [1.165, 1.54) is 29.1 Å². The topological polar surface area (TPSA) is 76.6 Å². The van der Waals surface area contributed by atoms with Gasteiger partial charge in [0.1, 0.15) is 5.00 Å². The minimum Gasteiger partial charge on any atom is -0.366 e. The molecule has 2 rings (SSSR count). The number of carbonyl (C=O) groups is 2. The van der Waals surface area contributed by atoms with Crippen molar-refractivity contribution in [3.05, 3.63) is 17.0 Å². The average molecular weight is 282 g/mol. The van der Waals surface area contributed by atoms with E-state index in [9.17, 15) is 9.59 Å². The van der Waals surface area contributed by atoms with Crippen molar-refractivity contribution in [3.8, 4) is 0 Å². The zero-order valence-electron chi connectivity index (χ0n) is 11.1. The zero-order valence-corrected chi connectivity index (χ0v) is 11.9. The Balaban J connectivity index is 1.90. The van der Waals surface area contributed by atoms with Crippen LogP contribution in [0.15, 0.2) is 11.4 Å². The van der Waals surface area contributed by atoms with E-state index in [0.29, 0.717) is 23.0 Å². The van der Waals surface area contributed by atoms with E-state index in [1.807, 2.05) is 0 Å². The lowest BCUT2D eigenvalue weighted by Crippen LogP contribution is -3.14. The Bertz CT molecular complexity index is 472. The number of amides is 2. The number of nitrogens with one attached hydrogen (secondary N) is 2. The molecule has 1 aromatic rings. The summed E-state index contributed by atoms with van der Waals surface area (Å²) in [4.78, 5) is 24.5. The van der Waals surface area contributed by atoms with Crippen LogP contribution in [0.2, 0.25) is 0 Å². The fourth-order valence-corrected chi connectivity index (χ4v) is 3.36. The predicted octanol–water partition coefficient (Wildman–Crippen LogP) is 0.100. The molecule has 1 aromatic heterocycles. The van der Waals surface area contributed by atoms with Crippen molar-refractivity contribution >= 4 is 28.2 Å². The Kier molecular flexibility index (Phi) is 4.55.